The van der Waals surface area contributed by atoms with E-state index < -0.39 is 42.0 Å². The van der Waals surface area contributed by atoms with Gasteiger partial charge < -0.3 is 20.4 Å². The van der Waals surface area contributed by atoms with Crippen LogP contribution in [0.25, 0.3) is 0 Å². The highest BCUT2D eigenvalue weighted by Gasteiger charge is 2.40. The highest BCUT2D eigenvalue weighted by atomic mass is 16.4. The Morgan fingerprint density at radius 3 is 1.08 bits per heavy atom. The number of carboxylic acids is 4. The summed E-state index contributed by atoms with van der Waals surface area (Å²) >= 11 is 0. The van der Waals surface area contributed by atoms with Gasteiger partial charge in [-0.1, -0.05) is 69.9 Å². The van der Waals surface area contributed by atoms with Crippen molar-refractivity contribution < 1.29 is 39.6 Å². The van der Waals surface area contributed by atoms with Crippen molar-refractivity contribution in [2.45, 2.75) is 121 Å². The van der Waals surface area contributed by atoms with E-state index in [0.29, 0.717) is 58.9 Å². The number of nitrogens with zero attached hydrogens (tertiary/aromatic N) is 4. The largest absolute Gasteiger partial charge is 0.480 e. The Morgan fingerprint density at radius 2 is 0.788 bits per heavy atom. The molecule has 0 amide bonds. The minimum absolute atomic E-state index is 0.00583. The van der Waals surface area contributed by atoms with Crippen LogP contribution in [0, 0.1) is 17.8 Å². The molecule has 1 aromatic carbocycles. The summed E-state index contributed by atoms with van der Waals surface area (Å²) in [5.41, 5.74) is 1.14. The molecule has 0 radical (unpaired) electrons. The van der Waals surface area contributed by atoms with Crippen LogP contribution in [0.1, 0.15) is 112 Å². The summed E-state index contributed by atoms with van der Waals surface area (Å²) in [5.74, 6) is -3.43. The summed E-state index contributed by atoms with van der Waals surface area (Å²) < 4.78 is 0. The summed E-state index contributed by atoms with van der Waals surface area (Å²) in [4.78, 5) is 59.2. The van der Waals surface area contributed by atoms with Crippen molar-refractivity contribution in [2.24, 2.45) is 17.8 Å². The predicted molar refractivity (Wildman–Crippen MR) is 197 cm³/mol. The van der Waals surface area contributed by atoms with E-state index in [1.807, 2.05) is 12.1 Å². The Hall–Kier alpha value is -3.06. The van der Waals surface area contributed by atoms with Crippen molar-refractivity contribution in [1.82, 2.24) is 19.6 Å². The zero-order valence-electron chi connectivity index (χ0n) is 31.0. The third kappa shape index (κ3) is 11.0. The molecule has 1 saturated heterocycles. The molecule has 4 N–H and O–H groups in total. The van der Waals surface area contributed by atoms with Crippen LogP contribution in [0.2, 0.25) is 0 Å². The van der Waals surface area contributed by atoms with Gasteiger partial charge in [0.15, 0.2) is 0 Å². The topological polar surface area (TPSA) is 162 Å². The normalized spacial score (nSPS) is 24.2. The van der Waals surface area contributed by atoms with Gasteiger partial charge in [-0.2, -0.15) is 0 Å². The van der Waals surface area contributed by atoms with Gasteiger partial charge in [-0.3, -0.25) is 34.0 Å². The summed E-state index contributed by atoms with van der Waals surface area (Å²) in [7, 11) is 0. The van der Waals surface area contributed by atoms with Crippen LogP contribution in [0.5, 0.6) is 0 Å². The van der Waals surface area contributed by atoms with Crippen molar-refractivity contribution in [1.29, 1.82) is 0 Å². The fraction of sp³-hybridized carbons (Fsp3) is 0.750. The first-order chi connectivity index (χ1) is 25.1. The maximum absolute atomic E-state index is 13.1. The lowest BCUT2D eigenvalue weighted by Crippen LogP contribution is -2.57. The van der Waals surface area contributed by atoms with Gasteiger partial charge in [0, 0.05) is 58.9 Å². The summed E-state index contributed by atoms with van der Waals surface area (Å²) in [6.45, 7) is 4.16. The number of carbonyl (C=O) groups is 4. The molecular formula is C40H62N4O8. The van der Waals surface area contributed by atoms with Crippen molar-refractivity contribution in [2.75, 3.05) is 52.4 Å². The molecular weight excluding hydrogens is 664 g/mol. The van der Waals surface area contributed by atoms with Crippen LogP contribution >= 0.6 is 0 Å². The monoisotopic (exact) mass is 726 g/mol. The Labute approximate surface area is 309 Å². The van der Waals surface area contributed by atoms with Gasteiger partial charge >= 0.3 is 23.9 Å². The molecule has 3 atom stereocenters. The first kappa shape index (κ1) is 40.1. The Bertz CT molecular complexity index is 1260. The number of rotatable bonds is 12. The highest BCUT2D eigenvalue weighted by molar-refractivity contribution is 5.87. The molecule has 3 unspecified atom stereocenters. The molecule has 1 heterocycles. The second-order valence-electron chi connectivity index (χ2n) is 15.9. The molecule has 4 aliphatic rings. The Kier molecular flexibility index (Phi) is 15.3. The van der Waals surface area contributed by atoms with Crippen LogP contribution in [0.3, 0.4) is 0 Å². The van der Waals surface area contributed by atoms with Gasteiger partial charge in [-0.15, -0.1) is 0 Å². The second-order valence-corrected chi connectivity index (χ2v) is 15.9. The summed E-state index contributed by atoms with van der Waals surface area (Å²) in [6, 6.07) is 4.79. The van der Waals surface area contributed by atoms with E-state index in [9.17, 15) is 39.6 Å². The van der Waals surface area contributed by atoms with E-state index in [2.05, 4.69) is 19.6 Å². The molecule has 1 aliphatic heterocycles. The van der Waals surface area contributed by atoms with Crippen LogP contribution in [-0.4, -0.2) is 134 Å². The molecule has 0 spiro atoms. The molecule has 12 nitrogen and oxygen atoms in total. The van der Waals surface area contributed by atoms with Crippen LogP contribution in [0.15, 0.2) is 24.3 Å². The lowest BCUT2D eigenvalue weighted by Gasteiger charge is -2.43. The molecule has 3 aliphatic carbocycles. The van der Waals surface area contributed by atoms with Gasteiger partial charge in [0.25, 0.3) is 0 Å². The molecule has 0 bridgehead atoms. The van der Waals surface area contributed by atoms with Crippen LogP contribution < -0.4 is 0 Å². The standard InChI is InChI=1S/C40H62N4O8/c45-37(46)33-18-16-29(17-19-33)28-41-20-22-42(34(38(47)48)30-10-4-1-5-11-30)24-26-44(36(40(51)52)32-14-8-3-9-15-32)27-25-43(23-21-41)35(39(49)50)31-12-6-2-7-13-31/h16-19,30-32,34-36H,1-15,20-28H2,(H,45,46)(H,47,48)(H,49,50)(H,51,52). The quantitative estimate of drug-likeness (QED) is 0.223. The first-order valence-electron chi connectivity index (χ1n) is 20.1. The predicted octanol–water partition coefficient (Wildman–Crippen LogP) is 5.21. The first-order valence-corrected chi connectivity index (χ1v) is 20.1. The average molecular weight is 727 g/mol. The van der Waals surface area contributed by atoms with E-state index in [0.717, 1.165) is 102 Å². The van der Waals surface area contributed by atoms with Crippen molar-refractivity contribution in [3.05, 3.63) is 35.4 Å². The fourth-order valence-corrected chi connectivity index (χ4v) is 9.82. The van der Waals surface area contributed by atoms with Gasteiger partial charge in [-0.05, 0) is 74.0 Å². The van der Waals surface area contributed by atoms with Crippen molar-refractivity contribution >= 4 is 23.9 Å². The van der Waals surface area contributed by atoms with E-state index >= 15 is 0 Å². The lowest BCUT2D eigenvalue weighted by atomic mass is 9.82. The zero-order chi connectivity index (χ0) is 37.0. The number of carboxylic acid groups (broad SMARTS) is 4. The lowest BCUT2D eigenvalue weighted by molar-refractivity contribution is -0.150. The van der Waals surface area contributed by atoms with Crippen LogP contribution in [-0.2, 0) is 20.9 Å². The smallest absolute Gasteiger partial charge is 0.335 e. The van der Waals surface area contributed by atoms with Gasteiger partial charge in [0.05, 0.1) is 5.56 Å². The molecule has 52 heavy (non-hydrogen) atoms. The molecule has 0 aromatic heterocycles. The van der Waals surface area contributed by atoms with Crippen LogP contribution in [0.4, 0.5) is 0 Å². The zero-order valence-corrected chi connectivity index (χ0v) is 31.0. The maximum Gasteiger partial charge on any atom is 0.335 e. The molecule has 290 valence electrons. The number of hydrogen-bond donors (Lipinski definition) is 4. The SMILES string of the molecule is O=C(O)c1ccc(CN2CCN(C(C(=O)O)C3CCCCC3)CCN(C(C(=O)O)C3CCCCC3)CCN(C(C(=O)O)C3CCCCC3)CC2)cc1. The number of hydrogen-bond acceptors (Lipinski definition) is 8. The number of aliphatic carboxylic acids is 3. The number of benzene rings is 1. The number of aromatic carboxylic acids is 1. The van der Waals surface area contributed by atoms with Crippen molar-refractivity contribution in [3.8, 4) is 0 Å². The molecule has 12 heteroatoms. The summed E-state index contributed by atoms with van der Waals surface area (Å²) in [6.07, 6.45) is 14.5. The second kappa shape index (κ2) is 19.9. The molecule has 1 aromatic rings. The van der Waals surface area contributed by atoms with E-state index in [1.165, 1.54) is 0 Å². The van der Waals surface area contributed by atoms with E-state index in [1.54, 1.807) is 12.1 Å². The minimum atomic E-state index is -0.989. The van der Waals surface area contributed by atoms with E-state index in [-0.39, 0.29) is 23.3 Å². The fourth-order valence-electron chi connectivity index (χ4n) is 9.82. The molecule has 4 fully saturated rings. The maximum atomic E-state index is 13.1. The minimum Gasteiger partial charge on any atom is -0.480 e. The molecule has 3 saturated carbocycles. The Balaban J connectivity index is 1.48. The summed E-state index contributed by atoms with van der Waals surface area (Å²) in [5, 5.41) is 41.6. The third-order valence-corrected chi connectivity index (χ3v) is 12.6. The average Bonchev–Trinajstić information content (AvgIpc) is 3.13. The van der Waals surface area contributed by atoms with E-state index in [4.69, 9.17) is 0 Å². The molecule has 5 rings (SSSR count). The van der Waals surface area contributed by atoms with Gasteiger partial charge in [0.1, 0.15) is 18.1 Å². The Morgan fingerprint density at radius 1 is 0.481 bits per heavy atom. The van der Waals surface area contributed by atoms with Gasteiger partial charge in [-0.25, -0.2) is 4.79 Å². The van der Waals surface area contributed by atoms with Gasteiger partial charge in [0.2, 0.25) is 0 Å². The highest BCUT2D eigenvalue weighted by Crippen LogP contribution is 2.33. The van der Waals surface area contributed by atoms with Crippen molar-refractivity contribution in [3.63, 3.8) is 0 Å². The third-order valence-electron chi connectivity index (χ3n) is 12.6.